The van der Waals surface area contributed by atoms with Gasteiger partial charge in [0.05, 0.1) is 0 Å². The third-order valence-corrected chi connectivity index (χ3v) is 4.26. The van der Waals surface area contributed by atoms with E-state index in [2.05, 4.69) is 33.6 Å². The molecule has 1 aliphatic carbocycles. The molecule has 0 aromatic carbocycles. The van der Waals surface area contributed by atoms with Crippen molar-refractivity contribution in [2.75, 3.05) is 19.6 Å². The number of guanidine groups is 1. The molecule has 1 aromatic rings. The lowest BCUT2D eigenvalue weighted by Crippen LogP contribution is -2.38. The van der Waals surface area contributed by atoms with E-state index in [9.17, 15) is 0 Å². The number of rotatable bonds is 8. The lowest BCUT2D eigenvalue weighted by Gasteiger charge is -2.11. The Morgan fingerprint density at radius 2 is 2.14 bits per heavy atom. The summed E-state index contributed by atoms with van der Waals surface area (Å²) in [6.07, 6.45) is 11.1. The number of aromatic nitrogens is 1. The first kappa shape index (κ1) is 16.8. The van der Waals surface area contributed by atoms with Gasteiger partial charge in [-0.2, -0.15) is 0 Å². The molecular formula is C18H30N4. The van der Waals surface area contributed by atoms with Crippen LogP contribution in [0.1, 0.15) is 51.1 Å². The Labute approximate surface area is 134 Å². The summed E-state index contributed by atoms with van der Waals surface area (Å²) >= 11 is 0. The van der Waals surface area contributed by atoms with Gasteiger partial charge in [-0.1, -0.05) is 31.7 Å². The van der Waals surface area contributed by atoms with E-state index in [-0.39, 0.29) is 0 Å². The van der Waals surface area contributed by atoms with Crippen LogP contribution in [0, 0.1) is 5.92 Å². The van der Waals surface area contributed by atoms with Crippen molar-refractivity contribution in [3.05, 3.63) is 30.1 Å². The van der Waals surface area contributed by atoms with Gasteiger partial charge in [0.1, 0.15) is 0 Å². The maximum Gasteiger partial charge on any atom is 0.191 e. The van der Waals surface area contributed by atoms with Gasteiger partial charge in [0.2, 0.25) is 0 Å². The molecule has 0 atom stereocenters. The van der Waals surface area contributed by atoms with Gasteiger partial charge in [-0.25, -0.2) is 0 Å². The molecule has 0 radical (unpaired) electrons. The molecule has 0 unspecified atom stereocenters. The number of hydrogen-bond donors (Lipinski definition) is 2. The molecule has 122 valence electrons. The first-order valence-corrected chi connectivity index (χ1v) is 8.80. The van der Waals surface area contributed by atoms with Crippen molar-refractivity contribution in [3.63, 3.8) is 0 Å². The maximum absolute atomic E-state index is 4.68. The minimum atomic E-state index is 0.867. The summed E-state index contributed by atoms with van der Waals surface area (Å²) < 4.78 is 0. The zero-order valence-corrected chi connectivity index (χ0v) is 13.9. The number of pyridine rings is 1. The largest absolute Gasteiger partial charge is 0.357 e. The number of aliphatic imine (C=N–C) groups is 1. The van der Waals surface area contributed by atoms with E-state index < -0.39 is 0 Å². The lowest BCUT2D eigenvalue weighted by atomic mass is 10.0. The second-order valence-corrected chi connectivity index (χ2v) is 6.05. The quantitative estimate of drug-likeness (QED) is 0.440. The van der Waals surface area contributed by atoms with Crippen molar-refractivity contribution in [3.8, 4) is 0 Å². The molecule has 4 heteroatoms. The van der Waals surface area contributed by atoms with E-state index in [0.29, 0.717) is 0 Å². The normalized spacial score (nSPS) is 16.0. The summed E-state index contributed by atoms with van der Waals surface area (Å²) in [6, 6.07) is 6.05. The van der Waals surface area contributed by atoms with Gasteiger partial charge in [0.15, 0.2) is 5.96 Å². The molecule has 1 aromatic heterocycles. The molecule has 0 bridgehead atoms. The monoisotopic (exact) mass is 302 g/mol. The molecule has 1 heterocycles. The van der Waals surface area contributed by atoms with Crippen LogP contribution in [0.4, 0.5) is 0 Å². The van der Waals surface area contributed by atoms with Crippen molar-refractivity contribution in [2.45, 2.75) is 51.9 Å². The topological polar surface area (TPSA) is 49.3 Å². The van der Waals surface area contributed by atoms with E-state index in [1.165, 1.54) is 38.5 Å². The number of hydrogen-bond acceptors (Lipinski definition) is 2. The fourth-order valence-electron chi connectivity index (χ4n) is 3.07. The second kappa shape index (κ2) is 10.2. The highest BCUT2D eigenvalue weighted by Crippen LogP contribution is 2.28. The number of nitrogens with one attached hydrogen (secondary N) is 2. The van der Waals surface area contributed by atoms with E-state index in [1.54, 1.807) is 0 Å². The zero-order chi connectivity index (χ0) is 15.5. The third-order valence-electron chi connectivity index (χ3n) is 4.26. The Balaban J connectivity index is 1.65. The van der Waals surface area contributed by atoms with Crippen molar-refractivity contribution >= 4 is 5.96 Å². The molecule has 4 nitrogen and oxygen atoms in total. The van der Waals surface area contributed by atoms with Gasteiger partial charge in [0, 0.05) is 37.9 Å². The van der Waals surface area contributed by atoms with Crippen LogP contribution < -0.4 is 10.6 Å². The Morgan fingerprint density at radius 1 is 1.27 bits per heavy atom. The highest BCUT2D eigenvalue weighted by atomic mass is 15.2. The second-order valence-electron chi connectivity index (χ2n) is 6.05. The average molecular weight is 302 g/mol. The van der Waals surface area contributed by atoms with Crippen molar-refractivity contribution in [1.82, 2.24) is 15.6 Å². The maximum atomic E-state index is 4.68. The standard InChI is InChI=1S/C18H30N4/c1-2-19-18(21-14-7-10-16-8-3-4-9-16)22-15-12-17-11-5-6-13-20-17/h5-6,11,13,16H,2-4,7-10,12,14-15H2,1H3,(H2,19,21,22). The molecule has 2 N–H and O–H groups in total. The van der Waals surface area contributed by atoms with Gasteiger partial charge in [-0.3, -0.25) is 9.98 Å². The van der Waals surface area contributed by atoms with E-state index in [0.717, 1.165) is 43.6 Å². The fraction of sp³-hybridized carbons (Fsp3) is 0.667. The first-order valence-electron chi connectivity index (χ1n) is 8.80. The molecule has 0 amide bonds. The van der Waals surface area contributed by atoms with E-state index in [1.807, 2.05) is 18.3 Å². The SMILES string of the molecule is CCNC(=NCCCC1CCCC1)NCCc1ccccn1. The Kier molecular flexibility index (Phi) is 7.78. The van der Waals surface area contributed by atoms with Crippen LogP contribution in [0.25, 0.3) is 0 Å². The Morgan fingerprint density at radius 3 is 2.86 bits per heavy atom. The molecule has 1 saturated carbocycles. The van der Waals surface area contributed by atoms with Gasteiger partial charge < -0.3 is 10.6 Å². The predicted octanol–water partition coefficient (Wildman–Crippen LogP) is 3.15. The van der Waals surface area contributed by atoms with E-state index in [4.69, 9.17) is 0 Å². The molecule has 0 aliphatic heterocycles. The van der Waals surface area contributed by atoms with Crippen LogP contribution in [0.2, 0.25) is 0 Å². The van der Waals surface area contributed by atoms with Crippen LogP contribution in [0.15, 0.2) is 29.4 Å². The predicted molar refractivity (Wildman–Crippen MR) is 93.1 cm³/mol. The van der Waals surface area contributed by atoms with Crippen molar-refractivity contribution in [2.24, 2.45) is 10.9 Å². The van der Waals surface area contributed by atoms with Crippen LogP contribution >= 0.6 is 0 Å². The summed E-state index contributed by atoms with van der Waals surface area (Å²) in [5, 5.41) is 6.71. The summed E-state index contributed by atoms with van der Waals surface area (Å²) in [6.45, 7) is 4.80. The summed E-state index contributed by atoms with van der Waals surface area (Å²) in [4.78, 5) is 9.02. The highest BCUT2D eigenvalue weighted by molar-refractivity contribution is 5.79. The minimum absolute atomic E-state index is 0.867. The molecular weight excluding hydrogens is 272 g/mol. The van der Waals surface area contributed by atoms with Gasteiger partial charge in [-0.15, -0.1) is 0 Å². The van der Waals surface area contributed by atoms with Crippen molar-refractivity contribution in [1.29, 1.82) is 0 Å². The van der Waals surface area contributed by atoms with Crippen LogP contribution in [-0.4, -0.2) is 30.6 Å². The zero-order valence-electron chi connectivity index (χ0n) is 13.9. The van der Waals surface area contributed by atoms with Crippen molar-refractivity contribution < 1.29 is 0 Å². The fourth-order valence-corrected chi connectivity index (χ4v) is 3.07. The van der Waals surface area contributed by atoms with Gasteiger partial charge in [0.25, 0.3) is 0 Å². The Bertz CT molecular complexity index is 424. The number of nitrogens with zero attached hydrogens (tertiary/aromatic N) is 2. The third kappa shape index (κ3) is 6.46. The molecule has 1 aliphatic rings. The lowest BCUT2D eigenvalue weighted by molar-refractivity contribution is 0.487. The Hall–Kier alpha value is -1.58. The smallest absolute Gasteiger partial charge is 0.191 e. The molecule has 0 spiro atoms. The summed E-state index contributed by atoms with van der Waals surface area (Å²) in [5.41, 5.74) is 1.12. The highest BCUT2D eigenvalue weighted by Gasteiger charge is 2.13. The molecule has 22 heavy (non-hydrogen) atoms. The summed E-state index contributed by atoms with van der Waals surface area (Å²) in [7, 11) is 0. The van der Waals surface area contributed by atoms with E-state index >= 15 is 0 Å². The van der Waals surface area contributed by atoms with Crippen LogP contribution in [0.3, 0.4) is 0 Å². The molecule has 2 rings (SSSR count). The first-order chi connectivity index (χ1) is 10.9. The van der Waals surface area contributed by atoms with Gasteiger partial charge in [-0.05, 0) is 37.8 Å². The molecule has 1 fully saturated rings. The van der Waals surface area contributed by atoms with Gasteiger partial charge >= 0.3 is 0 Å². The summed E-state index contributed by atoms with van der Waals surface area (Å²) in [5.74, 6) is 1.90. The molecule has 0 saturated heterocycles. The average Bonchev–Trinajstić information content (AvgIpc) is 3.06. The van der Waals surface area contributed by atoms with Crippen LogP contribution in [0.5, 0.6) is 0 Å². The minimum Gasteiger partial charge on any atom is -0.357 e. The van der Waals surface area contributed by atoms with Crippen LogP contribution in [-0.2, 0) is 6.42 Å².